The van der Waals surface area contributed by atoms with E-state index in [9.17, 15) is 0 Å². The zero-order chi connectivity index (χ0) is 16.8. The van der Waals surface area contributed by atoms with E-state index in [1.54, 1.807) is 0 Å². The average molecular weight is 371 g/mol. The summed E-state index contributed by atoms with van der Waals surface area (Å²) in [7, 11) is 0. The van der Waals surface area contributed by atoms with Crippen molar-refractivity contribution in [3.63, 3.8) is 0 Å². The number of nitrogens with one attached hydrogen (secondary N) is 1. The van der Waals surface area contributed by atoms with Gasteiger partial charge in [-0.3, -0.25) is 0 Å². The second-order valence-corrected chi connectivity index (χ2v) is 6.22. The zero-order valence-corrected chi connectivity index (χ0v) is 14.9. The molecule has 2 aromatic rings. The van der Waals surface area contributed by atoms with E-state index in [1.807, 2.05) is 56.3 Å². The molecule has 0 saturated carbocycles. The molecule has 3 nitrogen and oxygen atoms in total. The summed E-state index contributed by atoms with van der Waals surface area (Å²) in [6.07, 6.45) is 1.17. The third-order valence-electron chi connectivity index (χ3n) is 3.85. The van der Waals surface area contributed by atoms with Gasteiger partial charge in [0.15, 0.2) is 0 Å². The van der Waals surface area contributed by atoms with Gasteiger partial charge in [0.25, 0.3) is 0 Å². The van der Waals surface area contributed by atoms with Crippen molar-refractivity contribution in [2.45, 2.75) is 26.7 Å². The summed E-state index contributed by atoms with van der Waals surface area (Å²) in [5.74, 6) is 1.52. The molecule has 0 aromatic heterocycles. The molecule has 0 amide bonds. The quantitative estimate of drug-likeness (QED) is 0.647. The number of nitrogens with zero attached hydrogens (tertiary/aromatic N) is 1. The molecule has 0 bridgehead atoms. The van der Waals surface area contributed by atoms with Crippen LogP contribution >= 0.6 is 15.9 Å². The largest absolute Gasteiger partial charge is 0.457 e. The Labute approximate surface area is 145 Å². The maximum Gasteiger partial charge on any atom is 0.131 e. The molecule has 0 unspecified atom stereocenters. The van der Waals surface area contributed by atoms with Gasteiger partial charge in [0.2, 0.25) is 0 Å². The number of halogens is 1. The highest BCUT2D eigenvalue weighted by Gasteiger charge is 2.14. The molecule has 23 heavy (non-hydrogen) atoms. The predicted molar refractivity (Wildman–Crippen MR) is 96.2 cm³/mol. The van der Waals surface area contributed by atoms with Crippen molar-refractivity contribution >= 4 is 21.6 Å². The first kappa shape index (κ1) is 17.2. The van der Waals surface area contributed by atoms with E-state index in [0.29, 0.717) is 12.1 Å². The molecule has 0 spiro atoms. The van der Waals surface area contributed by atoms with Crippen molar-refractivity contribution in [2.24, 2.45) is 5.92 Å². The van der Waals surface area contributed by atoms with Crippen molar-refractivity contribution in [2.75, 3.05) is 0 Å². The van der Waals surface area contributed by atoms with E-state index in [-0.39, 0.29) is 5.92 Å². The number of hydrogen-bond donors (Lipinski definition) is 1. The Hall–Kier alpha value is -2.12. The van der Waals surface area contributed by atoms with E-state index in [0.717, 1.165) is 33.5 Å². The lowest BCUT2D eigenvalue weighted by molar-refractivity contribution is 0.478. The Morgan fingerprint density at radius 2 is 1.96 bits per heavy atom. The average Bonchev–Trinajstić information content (AvgIpc) is 2.57. The normalized spacial score (nSPS) is 11.6. The van der Waals surface area contributed by atoms with Gasteiger partial charge in [-0.2, -0.15) is 5.26 Å². The molecular weight excluding hydrogens is 352 g/mol. The Bertz CT molecular complexity index is 732. The van der Waals surface area contributed by atoms with Crippen LogP contribution < -0.4 is 4.74 Å². The topological polar surface area (TPSA) is 56.9 Å². The highest BCUT2D eigenvalue weighted by molar-refractivity contribution is 9.10. The summed E-state index contributed by atoms with van der Waals surface area (Å²) in [5.41, 5.74) is 2.40. The Morgan fingerprint density at radius 1 is 1.26 bits per heavy atom. The monoisotopic (exact) mass is 370 g/mol. The lowest BCUT2D eigenvalue weighted by Gasteiger charge is -2.14. The third-order valence-corrected chi connectivity index (χ3v) is 4.71. The van der Waals surface area contributed by atoms with Crippen molar-refractivity contribution < 1.29 is 4.74 Å². The van der Waals surface area contributed by atoms with Crippen LogP contribution in [0, 0.1) is 29.6 Å². The summed E-state index contributed by atoms with van der Waals surface area (Å²) in [5, 5.41) is 17.1. The lowest BCUT2D eigenvalue weighted by Crippen LogP contribution is -2.13. The predicted octanol–water partition coefficient (Wildman–Crippen LogP) is 5.86. The van der Waals surface area contributed by atoms with E-state index in [2.05, 4.69) is 22.0 Å². The zero-order valence-electron chi connectivity index (χ0n) is 13.3. The van der Waals surface area contributed by atoms with Crippen LogP contribution in [0.25, 0.3) is 0 Å². The third kappa shape index (κ3) is 4.20. The van der Waals surface area contributed by atoms with E-state index in [4.69, 9.17) is 15.4 Å². The van der Waals surface area contributed by atoms with Gasteiger partial charge < -0.3 is 10.1 Å². The minimum absolute atomic E-state index is 0.0147. The molecule has 118 valence electrons. The van der Waals surface area contributed by atoms with Gasteiger partial charge >= 0.3 is 0 Å². The van der Waals surface area contributed by atoms with Gasteiger partial charge in [-0.25, -0.2) is 0 Å². The number of nitriles is 1. The minimum Gasteiger partial charge on any atom is -0.457 e. The summed E-state index contributed by atoms with van der Waals surface area (Å²) in [4.78, 5) is 0. The number of ether oxygens (including phenoxy) is 1. The van der Waals surface area contributed by atoms with Crippen molar-refractivity contribution in [3.05, 3.63) is 58.1 Å². The fourth-order valence-corrected chi connectivity index (χ4v) is 2.67. The number of hydrogen-bond acceptors (Lipinski definition) is 3. The molecule has 0 aliphatic carbocycles. The smallest absolute Gasteiger partial charge is 0.131 e. The van der Waals surface area contributed by atoms with Crippen LogP contribution in [-0.4, -0.2) is 5.71 Å². The Morgan fingerprint density at radius 3 is 2.57 bits per heavy atom. The van der Waals surface area contributed by atoms with E-state index >= 15 is 0 Å². The molecule has 2 aromatic carbocycles. The lowest BCUT2D eigenvalue weighted by atomic mass is 9.92. The summed E-state index contributed by atoms with van der Waals surface area (Å²) in [6.45, 7) is 4.00. The van der Waals surface area contributed by atoms with Crippen LogP contribution in [0.5, 0.6) is 11.5 Å². The maximum absolute atomic E-state index is 8.85. The molecule has 1 atom stereocenters. The molecule has 0 aliphatic rings. The second-order valence-electron chi connectivity index (χ2n) is 5.37. The minimum atomic E-state index is -0.0147. The first-order valence-corrected chi connectivity index (χ1v) is 8.35. The van der Waals surface area contributed by atoms with Crippen LogP contribution in [-0.2, 0) is 0 Å². The highest BCUT2D eigenvalue weighted by atomic mass is 79.9. The molecule has 0 saturated heterocycles. The first-order chi connectivity index (χ1) is 11.1. The molecule has 1 N–H and O–H groups in total. The molecule has 2 rings (SSSR count). The first-order valence-electron chi connectivity index (χ1n) is 7.55. The van der Waals surface area contributed by atoms with Crippen molar-refractivity contribution in [1.82, 2.24) is 0 Å². The fraction of sp³-hybridized carbons (Fsp3) is 0.263. The van der Waals surface area contributed by atoms with Gasteiger partial charge in [0.05, 0.1) is 6.07 Å². The molecular formula is C19H19BrN2O. The summed E-state index contributed by atoms with van der Waals surface area (Å²) >= 11 is 3.49. The molecule has 0 heterocycles. The van der Waals surface area contributed by atoms with Gasteiger partial charge in [0, 0.05) is 28.1 Å². The van der Waals surface area contributed by atoms with Gasteiger partial charge in [-0.05, 0) is 55.3 Å². The van der Waals surface area contributed by atoms with Crippen LogP contribution in [0.2, 0.25) is 0 Å². The Balaban J connectivity index is 2.15. The van der Waals surface area contributed by atoms with Gasteiger partial charge in [-0.1, -0.05) is 28.9 Å². The molecule has 0 fully saturated rings. The summed E-state index contributed by atoms with van der Waals surface area (Å²) in [6, 6.07) is 15.5. The van der Waals surface area contributed by atoms with E-state index < -0.39 is 0 Å². The fourth-order valence-electron chi connectivity index (χ4n) is 2.32. The summed E-state index contributed by atoms with van der Waals surface area (Å²) < 4.78 is 6.92. The SMILES string of the molecule is CC[C@@H](CC#N)C(=N)c1ccc(Oc2cccc(Br)c2C)cc1. The van der Waals surface area contributed by atoms with Crippen molar-refractivity contribution in [1.29, 1.82) is 10.7 Å². The number of rotatable bonds is 6. The maximum atomic E-state index is 8.85. The van der Waals surface area contributed by atoms with E-state index in [1.165, 1.54) is 0 Å². The standard InChI is InChI=1S/C19H19BrN2O/c1-3-14(11-12-21)19(22)15-7-9-16(10-8-15)23-18-6-4-5-17(20)13(18)2/h4-10,14,22H,3,11H2,1-2H3/t14-/m0/s1. The Kier molecular flexibility index (Phi) is 5.95. The van der Waals surface area contributed by atoms with Gasteiger partial charge in [-0.15, -0.1) is 0 Å². The van der Waals surface area contributed by atoms with Crippen molar-refractivity contribution in [3.8, 4) is 17.6 Å². The molecule has 0 aliphatic heterocycles. The van der Waals surface area contributed by atoms with Crippen LogP contribution in [0.4, 0.5) is 0 Å². The van der Waals surface area contributed by atoms with Gasteiger partial charge in [0.1, 0.15) is 11.5 Å². The highest BCUT2D eigenvalue weighted by Crippen LogP contribution is 2.30. The second kappa shape index (κ2) is 7.94. The number of benzene rings is 2. The molecule has 0 radical (unpaired) electrons. The molecule has 4 heteroatoms. The van der Waals surface area contributed by atoms with Crippen LogP contribution in [0.15, 0.2) is 46.9 Å². The van der Waals surface area contributed by atoms with Crippen LogP contribution in [0.1, 0.15) is 30.9 Å². The van der Waals surface area contributed by atoms with Crippen LogP contribution in [0.3, 0.4) is 0 Å².